The van der Waals surface area contributed by atoms with Crippen molar-refractivity contribution in [3.8, 4) is 5.88 Å². The van der Waals surface area contributed by atoms with Crippen LogP contribution < -0.4 is 4.74 Å². The minimum absolute atomic E-state index is 0.0303. The van der Waals surface area contributed by atoms with Crippen LogP contribution >= 0.6 is 23.2 Å². The van der Waals surface area contributed by atoms with Crippen LogP contribution in [-0.4, -0.2) is 25.7 Å². The molecule has 0 unspecified atom stereocenters. The Morgan fingerprint density at radius 2 is 2.00 bits per heavy atom. The van der Waals surface area contributed by atoms with Gasteiger partial charge in [-0.1, -0.05) is 23.2 Å². The quantitative estimate of drug-likeness (QED) is 0.386. The van der Waals surface area contributed by atoms with Gasteiger partial charge >= 0.3 is 5.97 Å². The Kier molecular flexibility index (Phi) is 4.56. The standard InChI is InChI=1S/C15H10Cl2N4O4/c1-2-20-12-4-3-8(21(23)24)5-9(12)14(19-20)25-15(22)13-10(16)6-18-7-11(13)17/h3-7H,2H2,1H3. The number of pyridine rings is 1. The molecule has 3 aromatic rings. The first-order chi connectivity index (χ1) is 11.9. The molecular formula is C15H10Cl2N4O4. The van der Waals surface area contributed by atoms with Crippen LogP contribution in [0.1, 0.15) is 17.3 Å². The third kappa shape index (κ3) is 3.13. The number of nitro benzene ring substituents is 1. The Labute approximate surface area is 151 Å². The number of halogens is 2. The van der Waals surface area contributed by atoms with Crippen LogP contribution in [0.3, 0.4) is 0 Å². The summed E-state index contributed by atoms with van der Waals surface area (Å²) in [6.45, 7) is 2.33. The van der Waals surface area contributed by atoms with Crippen molar-refractivity contribution < 1.29 is 14.5 Å². The SMILES string of the molecule is CCn1nc(OC(=O)c2c(Cl)cncc2Cl)c2cc([N+](=O)[O-])ccc21. The van der Waals surface area contributed by atoms with Gasteiger partial charge in [-0.25, -0.2) is 4.79 Å². The van der Waals surface area contributed by atoms with E-state index in [0.717, 1.165) is 0 Å². The molecule has 10 heteroatoms. The van der Waals surface area contributed by atoms with Crippen LogP contribution in [0.2, 0.25) is 10.0 Å². The molecule has 128 valence electrons. The molecule has 0 saturated carbocycles. The van der Waals surface area contributed by atoms with Gasteiger partial charge in [0.05, 0.1) is 25.9 Å². The maximum atomic E-state index is 12.4. The highest BCUT2D eigenvalue weighted by Gasteiger charge is 2.22. The molecule has 2 heterocycles. The number of rotatable bonds is 4. The summed E-state index contributed by atoms with van der Waals surface area (Å²) in [6, 6.07) is 4.21. The van der Waals surface area contributed by atoms with Crippen LogP contribution in [0.5, 0.6) is 5.88 Å². The summed E-state index contributed by atoms with van der Waals surface area (Å²) in [6.07, 6.45) is 2.52. The summed E-state index contributed by atoms with van der Waals surface area (Å²) in [4.78, 5) is 26.6. The first-order valence-corrected chi connectivity index (χ1v) is 7.84. The number of esters is 1. The van der Waals surface area contributed by atoms with Gasteiger partial charge in [0.1, 0.15) is 5.56 Å². The van der Waals surface area contributed by atoms with E-state index in [1.54, 1.807) is 10.7 Å². The number of hydrogen-bond donors (Lipinski definition) is 0. The number of carbonyl (C=O) groups excluding carboxylic acids is 1. The molecule has 8 nitrogen and oxygen atoms in total. The average molecular weight is 381 g/mol. The molecule has 0 amide bonds. The zero-order valence-corrected chi connectivity index (χ0v) is 14.3. The first kappa shape index (κ1) is 17.1. The van der Waals surface area contributed by atoms with Gasteiger partial charge in [-0.3, -0.25) is 19.8 Å². The van der Waals surface area contributed by atoms with Crippen molar-refractivity contribution in [2.45, 2.75) is 13.5 Å². The maximum absolute atomic E-state index is 12.4. The number of non-ortho nitro benzene ring substituents is 1. The number of benzene rings is 1. The molecule has 0 aliphatic heterocycles. The molecule has 0 radical (unpaired) electrons. The average Bonchev–Trinajstić information content (AvgIpc) is 2.91. The molecule has 1 aromatic carbocycles. The Balaban J connectivity index is 2.07. The fourth-order valence-electron chi connectivity index (χ4n) is 2.31. The Hall–Kier alpha value is -2.71. The molecule has 0 bridgehead atoms. The molecule has 0 atom stereocenters. The lowest BCUT2D eigenvalue weighted by Gasteiger charge is -2.05. The third-order valence-corrected chi connectivity index (χ3v) is 4.03. The normalized spacial score (nSPS) is 10.8. The van der Waals surface area contributed by atoms with Gasteiger partial charge in [-0.15, -0.1) is 5.10 Å². The van der Waals surface area contributed by atoms with Crippen molar-refractivity contribution in [1.29, 1.82) is 0 Å². The molecule has 3 rings (SSSR count). The Bertz CT molecular complexity index is 982. The summed E-state index contributed by atoms with van der Waals surface area (Å²) in [5.41, 5.74) is 0.409. The first-order valence-electron chi connectivity index (χ1n) is 7.08. The van der Waals surface area contributed by atoms with E-state index < -0.39 is 10.9 Å². The number of fused-ring (bicyclic) bond motifs is 1. The van der Waals surface area contributed by atoms with Crippen LogP contribution in [0.25, 0.3) is 10.9 Å². The van der Waals surface area contributed by atoms with Gasteiger partial charge in [0.25, 0.3) is 5.69 Å². The fraction of sp³-hybridized carbons (Fsp3) is 0.133. The van der Waals surface area contributed by atoms with Gasteiger partial charge in [0.2, 0.25) is 5.88 Å². The molecule has 2 aromatic heterocycles. The van der Waals surface area contributed by atoms with Crippen LogP contribution in [0, 0.1) is 10.1 Å². The second-order valence-electron chi connectivity index (χ2n) is 4.95. The second-order valence-corrected chi connectivity index (χ2v) is 5.76. The number of carbonyl (C=O) groups is 1. The Morgan fingerprint density at radius 3 is 2.60 bits per heavy atom. The van der Waals surface area contributed by atoms with E-state index in [1.807, 2.05) is 6.92 Å². The topological polar surface area (TPSA) is 100 Å². The summed E-state index contributed by atoms with van der Waals surface area (Å²) in [5, 5.41) is 15.6. The predicted molar refractivity (Wildman–Crippen MR) is 91.3 cm³/mol. The molecule has 0 aliphatic carbocycles. The van der Waals surface area contributed by atoms with Crippen LogP contribution in [0.4, 0.5) is 5.69 Å². The summed E-state index contributed by atoms with van der Waals surface area (Å²) in [5.74, 6) is -0.888. The lowest BCUT2D eigenvalue weighted by Crippen LogP contribution is -2.11. The van der Waals surface area contributed by atoms with Crippen molar-refractivity contribution in [3.05, 3.63) is 56.3 Å². The Morgan fingerprint density at radius 1 is 1.32 bits per heavy atom. The number of hydrogen-bond acceptors (Lipinski definition) is 6. The number of nitro groups is 1. The van der Waals surface area contributed by atoms with Crippen molar-refractivity contribution in [2.75, 3.05) is 0 Å². The van der Waals surface area contributed by atoms with E-state index >= 15 is 0 Å². The predicted octanol–water partition coefficient (Wildman–Crippen LogP) is 3.89. The smallest absolute Gasteiger partial charge is 0.348 e. The van der Waals surface area contributed by atoms with Crippen molar-refractivity contribution in [3.63, 3.8) is 0 Å². The zero-order valence-electron chi connectivity index (χ0n) is 12.8. The van der Waals surface area contributed by atoms with E-state index in [0.29, 0.717) is 17.4 Å². The van der Waals surface area contributed by atoms with Crippen molar-refractivity contribution in [2.24, 2.45) is 0 Å². The molecule has 0 spiro atoms. The highest BCUT2D eigenvalue weighted by Crippen LogP contribution is 2.31. The number of ether oxygens (including phenoxy) is 1. The van der Waals surface area contributed by atoms with Gasteiger partial charge in [-0.05, 0) is 13.0 Å². The molecular weight excluding hydrogens is 371 g/mol. The highest BCUT2D eigenvalue weighted by atomic mass is 35.5. The van der Waals surface area contributed by atoms with Crippen molar-refractivity contribution in [1.82, 2.24) is 14.8 Å². The summed E-state index contributed by atoms with van der Waals surface area (Å²) >= 11 is 11.9. The monoisotopic (exact) mass is 380 g/mol. The highest BCUT2D eigenvalue weighted by molar-refractivity contribution is 6.39. The molecule has 0 fully saturated rings. The van der Waals surface area contributed by atoms with Crippen LogP contribution in [0.15, 0.2) is 30.6 Å². The van der Waals surface area contributed by atoms with E-state index in [4.69, 9.17) is 27.9 Å². The molecule has 25 heavy (non-hydrogen) atoms. The number of aromatic nitrogens is 3. The molecule has 0 saturated heterocycles. The minimum Gasteiger partial charge on any atom is -0.401 e. The van der Waals surface area contributed by atoms with Gasteiger partial charge in [0.15, 0.2) is 0 Å². The van der Waals surface area contributed by atoms with Gasteiger partial charge < -0.3 is 4.74 Å². The number of nitrogens with zero attached hydrogens (tertiary/aromatic N) is 4. The van der Waals surface area contributed by atoms with E-state index in [1.165, 1.54) is 24.5 Å². The van der Waals surface area contributed by atoms with E-state index in [9.17, 15) is 14.9 Å². The zero-order chi connectivity index (χ0) is 18.1. The van der Waals surface area contributed by atoms with Crippen LogP contribution in [-0.2, 0) is 6.54 Å². The van der Waals surface area contributed by atoms with E-state index in [-0.39, 0.29) is 27.2 Å². The molecule has 0 aliphatic rings. The molecule has 0 N–H and O–H groups in total. The van der Waals surface area contributed by atoms with Gasteiger partial charge in [0, 0.05) is 31.1 Å². The fourth-order valence-corrected chi connectivity index (χ4v) is 2.83. The summed E-state index contributed by atoms with van der Waals surface area (Å²) in [7, 11) is 0. The maximum Gasteiger partial charge on any atom is 0.348 e. The van der Waals surface area contributed by atoms with E-state index in [2.05, 4.69) is 10.1 Å². The summed E-state index contributed by atoms with van der Waals surface area (Å²) < 4.78 is 6.87. The largest absolute Gasteiger partial charge is 0.401 e. The minimum atomic E-state index is -0.827. The lowest BCUT2D eigenvalue weighted by molar-refractivity contribution is -0.384. The number of aryl methyl sites for hydroxylation is 1. The lowest BCUT2D eigenvalue weighted by atomic mass is 10.2. The second kappa shape index (κ2) is 6.66. The van der Waals surface area contributed by atoms with Gasteiger partial charge in [-0.2, -0.15) is 0 Å². The van der Waals surface area contributed by atoms with Crippen molar-refractivity contribution >= 4 is 45.8 Å². The third-order valence-electron chi connectivity index (χ3n) is 3.46.